The molecular weight excluding hydrogens is 242 g/mol. The smallest absolute Gasteiger partial charge is 0.321 e. The Morgan fingerprint density at radius 1 is 1.16 bits per heavy atom. The minimum absolute atomic E-state index is 0.324. The van der Waals surface area contributed by atoms with Gasteiger partial charge in [-0.15, -0.1) is 0 Å². The van der Waals surface area contributed by atoms with Gasteiger partial charge in [0.1, 0.15) is 0 Å². The van der Waals surface area contributed by atoms with Crippen LogP contribution in [0.25, 0.3) is 11.4 Å². The molecule has 2 aromatic heterocycles. The molecule has 6 nitrogen and oxygen atoms in total. The number of rotatable bonds is 5. The Bertz CT molecular complexity index is 534. The highest BCUT2D eigenvalue weighted by Crippen LogP contribution is 2.18. The lowest BCUT2D eigenvalue weighted by atomic mass is 10.2. The van der Waals surface area contributed by atoms with Gasteiger partial charge < -0.3 is 10.1 Å². The summed E-state index contributed by atoms with van der Waals surface area (Å²) < 4.78 is 5.36. The number of aromatic nitrogens is 4. The van der Waals surface area contributed by atoms with E-state index in [0.29, 0.717) is 24.4 Å². The molecule has 100 valence electrons. The minimum Gasteiger partial charge on any atom is -0.464 e. The van der Waals surface area contributed by atoms with Gasteiger partial charge in [0.2, 0.25) is 5.95 Å². The van der Waals surface area contributed by atoms with Crippen molar-refractivity contribution in [1.29, 1.82) is 0 Å². The number of ether oxygens (including phenoxy) is 1. The quantitative estimate of drug-likeness (QED) is 0.886. The van der Waals surface area contributed by atoms with Crippen molar-refractivity contribution in [3.05, 3.63) is 24.0 Å². The van der Waals surface area contributed by atoms with Crippen molar-refractivity contribution in [1.82, 2.24) is 19.9 Å². The van der Waals surface area contributed by atoms with E-state index in [0.717, 1.165) is 17.7 Å². The van der Waals surface area contributed by atoms with Gasteiger partial charge in [0.25, 0.3) is 0 Å². The lowest BCUT2D eigenvalue weighted by Crippen LogP contribution is -2.07. The summed E-state index contributed by atoms with van der Waals surface area (Å²) in [5.41, 5.74) is 1.91. The predicted octanol–water partition coefficient (Wildman–Crippen LogP) is 2.07. The van der Waals surface area contributed by atoms with Crippen LogP contribution in [0.2, 0.25) is 0 Å². The van der Waals surface area contributed by atoms with Crippen LogP contribution < -0.4 is 10.1 Å². The molecule has 0 saturated carbocycles. The monoisotopic (exact) mass is 259 g/mol. The molecule has 19 heavy (non-hydrogen) atoms. The third kappa shape index (κ3) is 3.37. The lowest BCUT2D eigenvalue weighted by molar-refractivity contribution is 0.312. The van der Waals surface area contributed by atoms with Gasteiger partial charge in [-0.2, -0.15) is 15.0 Å². The van der Waals surface area contributed by atoms with Crippen LogP contribution in [0.5, 0.6) is 6.01 Å². The molecular formula is C13H17N5O. The first-order valence-corrected chi connectivity index (χ1v) is 6.27. The van der Waals surface area contributed by atoms with Gasteiger partial charge in [0.15, 0.2) is 5.82 Å². The fraction of sp³-hybridized carbons (Fsp3) is 0.385. The first kappa shape index (κ1) is 13.2. The summed E-state index contributed by atoms with van der Waals surface area (Å²) in [5.74, 6) is 1.07. The molecule has 0 fully saturated rings. The maximum atomic E-state index is 5.36. The number of aryl methyl sites for hydroxylation is 1. The second-order valence-corrected chi connectivity index (χ2v) is 3.98. The van der Waals surface area contributed by atoms with Crippen molar-refractivity contribution in [3.63, 3.8) is 0 Å². The van der Waals surface area contributed by atoms with E-state index in [1.165, 1.54) is 0 Å². The molecule has 2 rings (SSSR count). The fourth-order valence-electron chi connectivity index (χ4n) is 1.59. The zero-order valence-electron chi connectivity index (χ0n) is 11.3. The Morgan fingerprint density at radius 3 is 2.68 bits per heavy atom. The van der Waals surface area contributed by atoms with Crippen LogP contribution in [-0.4, -0.2) is 33.1 Å². The summed E-state index contributed by atoms with van der Waals surface area (Å²) in [5, 5.41) is 3.07. The summed E-state index contributed by atoms with van der Waals surface area (Å²) in [6.07, 6.45) is 3.52. The molecule has 0 saturated heterocycles. The van der Waals surface area contributed by atoms with E-state index in [2.05, 4.69) is 25.3 Å². The van der Waals surface area contributed by atoms with Crippen LogP contribution in [0, 0.1) is 6.92 Å². The van der Waals surface area contributed by atoms with Crippen LogP contribution >= 0.6 is 0 Å². The van der Waals surface area contributed by atoms with E-state index < -0.39 is 0 Å². The zero-order valence-corrected chi connectivity index (χ0v) is 11.3. The van der Waals surface area contributed by atoms with Gasteiger partial charge in [-0.1, -0.05) is 0 Å². The van der Waals surface area contributed by atoms with E-state index in [-0.39, 0.29) is 0 Å². The van der Waals surface area contributed by atoms with Crippen molar-refractivity contribution >= 4 is 5.95 Å². The molecule has 0 aliphatic heterocycles. The van der Waals surface area contributed by atoms with Crippen LogP contribution in [0.3, 0.4) is 0 Å². The molecule has 0 amide bonds. The number of pyridine rings is 1. The molecule has 0 atom stereocenters. The average Bonchev–Trinajstić information content (AvgIpc) is 2.39. The Hall–Kier alpha value is -2.24. The van der Waals surface area contributed by atoms with Crippen molar-refractivity contribution in [2.45, 2.75) is 20.8 Å². The Balaban J connectivity index is 2.43. The van der Waals surface area contributed by atoms with E-state index in [1.807, 2.05) is 26.8 Å². The standard InChI is InChI=1S/C13H17N5O/c1-4-15-12-16-11(17-13(18-12)19-5-2)10-6-9(3)7-14-8-10/h6-8H,4-5H2,1-3H3,(H,15,16,17,18). The molecule has 0 spiro atoms. The molecule has 2 aromatic rings. The number of nitrogens with one attached hydrogen (secondary N) is 1. The predicted molar refractivity (Wildman–Crippen MR) is 73.1 cm³/mol. The number of hydrogen-bond donors (Lipinski definition) is 1. The normalized spacial score (nSPS) is 10.3. The van der Waals surface area contributed by atoms with Crippen LogP contribution in [0.15, 0.2) is 18.5 Å². The summed E-state index contributed by atoms with van der Waals surface area (Å²) in [7, 11) is 0. The van der Waals surface area contributed by atoms with Gasteiger partial charge in [-0.3, -0.25) is 4.98 Å². The van der Waals surface area contributed by atoms with E-state index >= 15 is 0 Å². The van der Waals surface area contributed by atoms with Gasteiger partial charge in [-0.25, -0.2) is 0 Å². The molecule has 0 aliphatic carbocycles. The first-order chi connectivity index (χ1) is 9.22. The van der Waals surface area contributed by atoms with Crippen LogP contribution in [0.4, 0.5) is 5.95 Å². The molecule has 2 heterocycles. The van der Waals surface area contributed by atoms with E-state index in [1.54, 1.807) is 12.4 Å². The second kappa shape index (κ2) is 6.08. The Kier molecular flexibility index (Phi) is 4.22. The number of anilines is 1. The van der Waals surface area contributed by atoms with Crippen molar-refractivity contribution in [3.8, 4) is 17.4 Å². The molecule has 0 bridgehead atoms. The van der Waals surface area contributed by atoms with Gasteiger partial charge >= 0.3 is 6.01 Å². The number of nitrogens with zero attached hydrogens (tertiary/aromatic N) is 4. The molecule has 6 heteroatoms. The van der Waals surface area contributed by atoms with Gasteiger partial charge in [-0.05, 0) is 32.4 Å². The SMILES string of the molecule is CCNc1nc(OCC)nc(-c2cncc(C)c2)n1. The zero-order chi connectivity index (χ0) is 13.7. The Labute approximate surface area is 112 Å². The summed E-state index contributed by atoms with van der Waals surface area (Å²) in [6.45, 7) is 7.11. The summed E-state index contributed by atoms with van der Waals surface area (Å²) in [6, 6.07) is 2.30. The molecule has 0 unspecified atom stereocenters. The minimum atomic E-state index is 0.324. The molecule has 0 aromatic carbocycles. The highest BCUT2D eigenvalue weighted by Gasteiger charge is 2.09. The van der Waals surface area contributed by atoms with E-state index in [9.17, 15) is 0 Å². The summed E-state index contributed by atoms with van der Waals surface area (Å²) in [4.78, 5) is 17.0. The van der Waals surface area contributed by atoms with Gasteiger partial charge in [0, 0.05) is 24.5 Å². The number of hydrogen-bond acceptors (Lipinski definition) is 6. The highest BCUT2D eigenvalue weighted by molar-refractivity contribution is 5.56. The van der Waals surface area contributed by atoms with Crippen molar-refractivity contribution < 1.29 is 4.74 Å². The molecule has 1 N–H and O–H groups in total. The maximum Gasteiger partial charge on any atom is 0.321 e. The fourth-order valence-corrected chi connectivity index (χ4v) is 1.59. The first-order valence-electron chi connectivity index (χ1n) is 6.27. The van der Waals surface area contributed by atoms with Gasteiger partial charge in [0.05, 0.1) is 6.61 Å². The van der Waals surface area contributed by atoms with Crippen molar-refractivity contribution in [2.75, 3.05) is 18.5 Å². The van der Waals surface area contributed by atoms with Crippen LogP contribution in [0.1, 0.15) is 19.4 Å². The summed E-state index contributed by atoms with van der Waals surface area (Å²) >= 11 is 0. The van der Waals surface area contributed by atoms with Crippen LogP contribution in [-0.2, 0) is 0 Å². The topological polar surface area (TPSA) is 72.8 Å². The third-order valence-corrected chi connectivity index (χ3v) is 2.36. The largest absolute Gasteiger partial charge is 0.464 e. The van der Waals surface area contributed by atoms with E-state index in [4.69, 9.17) is 4.74 Å². The lowest BCUT2D eigenvalue weighted by Gasteiger charge is -2.08. The molecule has 0 radical (unpaired) electrons. The Morgan fingerprint density at radius 2 is 2.00 bits per heavy atom. The second-order valence-electron chi connectivity index (χ2n) is 3.98. The average molecular weight is 259 g/mol. The third-order valence-electron chi connectivity index (χ3n) is 2.36. The highest BCUT2D eigenvalue weighted by atomic mass is 16.5. The van der Waals surface area contributed by atoms with Crippen molar-refractivity contribution in [2.24, 2.45) is 0 Å². The molecule has 0 aliphatic rings. The maximum absolute atomic E-state index is 5.36.